The Morgan fingerprint density at radius 1 is 1.13 bits per heavy atom. The average Bonchev–Trinajstić information content (AvgIpc) is 2.19. The molecule has 0 heterocycles. The molecule has 0 radical (unpaired) electrons. The SMILES string of the molecule is Cl.NCCCC[C@H](N)c1ccc(Br)cc1. The van der Waals surface area contributed by atoms with Gasteiger partial charge in [0.2, 0.25) is 0 Å². The predicted molar refractivity (Wildman–Crippen MR) is 71.2 cm³/mol. The van der Waals surface area contributed by atoms with Gasteiger partial charge in [-0.1, -0.05) is 34.5 Å². The summed E-state index contributed by atoms with van der Waals surface area (Å²) in [4.78, 5) is 0. The van der Waals surface area contributed by atoms with Crippen LogP contribution < -0.4 is 11.5 Å². The number of nitrogens with two attached hydrogens (primary N) is 2. The van der Waals surface area contributed by atoms with Crippen molar-refractivity contribution in [2.24, 2.45) is 11.5 Å². The summed E-state index contributed by atoms with van der Waals surface area (Å²) in [7, 11) is 0. The van der Waals surface area contributed by atoms with E-state index in [9.17, 15) is 0 Å². The van der Waals surface area contributed by atoms with Crippen LogP contribution in [0.25, 0.3) is 0 Å². The Bertz CT molecular complexity index is 264. The fourth-order valence-corrected chi connectivity index (χ4v) is 1.65. The molecule has 0 saturated heterocycles. The Morgan fingerprint density at radius 2 is 1.73 bits per heavy atom. The quantitative estimate of drug-likeness (QED) is 0.820. The Labute approximate surface area is 106 Å². The molecular weight excluding hydrogens is 275 g/mol. The van der Waals surface area contributed by atoms with Crippen molar-refractivity contribution in [1.29, 1.82) is 0 Å². The maximum Gasteiger partial charge on any atom is 0.0294 e. The van der Waals surface area contributed by atoms with Gasteiger partial charge in [-0.3, -0.25) is 0 Å². The Balaban J connectivity index is 0.00000196. The summed E-state index contributed by atoms with van der Waals surface area (Å²) < 4.78 is 1.09. The summed E-state index contributed by atoms with van der Waals surface area (Å²) in [5.41, 5.74) is 12.7. The van der Waals surface area contributed by atoms with E-state index < -0.39 is 0 Å². The van der Waals surface area contributed by atoms with Gasteiger partial charge in [0.15, 0.2) is 0 Å². The lowest BCUT2D eigenvalue weighted by atomic mass is 10.0. The molecular formula is C11H18BrClN2. The summed E-state index contributed by atoms with van der Waals surface area (Å²) in [6, 6.07) is 8.33. The minimum Gasteiger partial charge on any atom is -0.330 e. The zero-order valence-corrected chi connectivity index (χ0v) is 11.1. The van der Waals surface area contributed by atoms with E-state index in [-0.39, 0.29) is 18.4 Å². The number of hydrogen-bond acceptors (Lipinski definition) is 2. The third-order valence-corrected chi connectivity index (χ3v) is 2.80. The number of unbranched alkanes of at least 4 members (excludes halogenated alkanes) is 1. The van der Waals surface area contributed by atoms with Crippen LogP contribution in [0, 0.1) is 0 Å². The first-order valence-electron chi connectivity index (χ1n) is 4.95. The van der Waals surface area contributed by atoms with Crippen LogP contribution in [0.15, 0.2) is 28.7 Å². The van der Waals surface area contributed by atoms with Crippen LogP contribution in [0.3, 0.4) is 0 Å². The molecule has 0 spiro atoms. The van der Waals surface area contributed by atoms with Gasteiger partial charge in [0, 0.05) is 10.5 Å². The van der Waals surface area contributed by atoms with E-state index in [1.165, 1.54) is 5.56 Å². The van der Waals surface area contributed by atoms with E-state index in [1.54, 1.807) is 0 Å². The van der Waals surface area contributed by atoms with Crippen LogP contribution >= 0.6 is 28.3 Å². The van der Waals surface area contributed by atoms with E-state index in [0.717, 1.165) is 30.3 Å². The maximum absolute atomic E-state index is 6.03. The van der Waals surface area contributed by atoms with Crippen LogP contribution in [-0.2, 0) is 0 Å². The molecule has 2 nitrogen and oxygen atoms in total. The number of halogens is 2. The molecule has 4 N–H and O–H groups in total. The fourth-order valence-electron chi connectivity index (χ4n) is 1.39. The molecule has 0 aliphatic carbocycles. The second-order valence-corrected chi connectivity index (χ2v) is 4.36. The summed E-state index contributed by atoms with van der Waals surface area (Å²) in [6.45, 7) is 0.757. The van der Waals surface area contributed by atoms with Crippen LogP contribution in [0.4, 0.5) is 0 Å². The summed E-state index contributed by atoms with van der Waals surface area (Å²) in [5, 5.41) is 0. The largest absolute Gasteiger partial charge is 0.330 e. The van der Waals surface area contributed by atoms with E-state index >= 15 is 0 Å². The van der Waals surface area contributed by atoms with Crippen LogP contribution in [0.5, 0.6) is 0 Å². The number of benzene rings is 1. The van der Waals surface area contributed by atoms with Gasteiger partial charge in [0.05, 0.1) is 0 Å². The molecule has 1 atom stereocenters. The van der Waals surface area contributed by atoms with Crippen molar-refractivity contribution >= 4 is 28.3 Å². The van der Waals surface area contributed by atoms with E-state index in [1.807, 2.05) is 12.1 Å². The minimum absolute atomic E-state index is 0. The normalized spacial score (nSPS) is 11.9. The van der Waals surface area contributed by atoms with Gasteiger partial charge in [-0.25, -0.2) is 0 Å². The van der Waals surface area contributed by atoms with E-state index in [4.69, 9.17) is 11.5 Å². The molecule has 0 saturated carbocycles. The molecule has 0 aromatic heterocycles. The standard InChI is InChI=1S/C11H17BrN2.ClH/c12-10-6-4-9(5-7-10)11(14)3-1-2-8-13;/h4-7,11H,1-3,8,13-14H2;1H/t11-;/m0./s1. The highest BCUT2D eigenvalue weighted by Gasteiger charge is 2.04. The van der Waals surface area contributed by atoms with Crippen molar-refractivity contribution in [3.8, 4) is 0 Å². The van der Waals surface area contributed by atoms with Crippen LogP contribution in [-0.4, -0.2) is 6.54 Å². The van der Waals surface area contributed by atoms with Gasteiger partial charge in [0.25, 0.3) is 0 Å². The smallest absolute Gasteiger partial charge is 0.0294 e. The molecule has 1 aromatic rings. The van der Waals surface area contributed by atoms with Gasteiger partial charge in [0.1, 0.15) is 0 Å². The summed E-state index contributed by atoms with van der Waals surface area (Å²) in [5.74, 6) is 0. The predicted octanol–water partition coefficient (Wildman–Crippen LogP) is 3.00. The molecule has 0 unspecified atom stereocenters. The van der Waals surface area contributed by atoms with E-state index in [2.05, 4.69) is 28.1 Å². The zero-order valence-electron chi connectivity index (χ0n) is 8.66. The molecule has 0 fully saturated rings. The Kier molecular flexibility index (Phi) is 8.06. The lowest BCUT2D eigenvalue weighted by Crippen LogP contribution is -2.10. The van der Waals surface area contributed by atoms with Gasteiger partial charge in [-0.15, -0.1) is 12.4 Å². The molecule has 0 bridgehead atoms. The highest BCUT2D eigenvalue weighted by molar-refractivity contribution is 9.10. The van der Waals surface area contributed by atoms with Gasteiger partial charge in [-0.05, 0) is 37.1 Å². The van der Waals surface area contributed by atoms with Crippen LogP contribution in [0.1, 0.15) is 30.9 Å². The summed E-state index contributed by atoms with van der Waals surface area (Å²) in [6.07, 6.45) is 3.18. The lowest BCUT2D eigenvalue weighted by molar-refractivity contribution is 0.591. The minimum atomic E-state index is 0. The van der Waals surface area contributed by atoms with Crippen molar-refractivity contribution in [1.82, 2.24) is 0 Å². The molecule has 0 aliphatic heterocycles. The average molecular weight is 294 g/mol. The topological polar surface area (TPSA) is 52.0 Å². The molecule has 0 amide bonds. The first kappa shape index (κ1) is 14.9. The van der Waals surface area contributed by atoms with E-state index in [0.29, 0.717) is 0 Å². The van der Waals surface area contributed by atoms with Crippen LogP contribution in [0.2, 0.25) is 0 Å². The van der Waals surface area contributed by atoms with Crippen molar-refractivity contribution in [2.75, 3.05) is 6.54 Å². The molecule has 1 rings (SSSR count). The molecule has 4 heteroatoms. The van der Waals surface area contributed by atoms with Crippen molar-refractivity contribution in [3.05, 3.63) is 34.3 Å². The Hall–Kier alpha value is -0.0900. The monoisotopic (exact) mass is 292 g/mol. The van der Waals surface area contributed by atoms with Crippen molar-refractivity contribution in [2.45, 2.75) is 25.3 Å². The highest BCUT2D eigenvalue weighted by atomic mass is 79.9. The first-order chi connectivity index (χ1) is 6.74. The molecule has 15 heavy (non-hydrogen) atoms. The highest BCUT2D eigenvalue weighted by Crippen LogP contribution is 2.19. The van der Waals surface area contributed by atoms with Gasteiger partial charge in [-0.2, -0.15) is 0 Å². The fraction of sp³-hybridized carbons (Fsp3) is 0.455. The second kappa shape index (κ2) is 8.11. The third kappa shape index (κ3) is 5.52. The maximum atomic E-state index is 6.03. The molecule has 1 aromatic carbocycles. The lowest BCUT2D eigenvalue weighted by Gasteiger charge is -2.11. The van der Waals surface area contributed by atoms with Gasteiger partial charge >= 0.3 is 0 Å². The van der Waals surface area contributed by atoms with Crippen molar-refractivity contribution < 1.29 is 0 Å². The molecule has 0 aliphatic rings. The summed E-state index contributed by atoms with van der Waals surface area (Å²) >= 11 is 3.40. The zero-order chi connectivity index (χ0) is 10.4. The third-order valence-electron chi connectivity index (χ3n) is 2.27. The van der Waals surface area contributed by atoms with Crippen molar-refractivity contribution in [3.63, 3.8) is 0 Å². The first-order valence-corrected chi connectivity index (χ1v) is 5.74. The second-order valence-electron chi connectivity index (χ2n) is 3.44. The molecule has 86 valence electrons. The Morgan fingerprint density at radius 3 is 2.27 bits per heavy atom. The number of hydrogen-bond donors (Lipinski definition) is 2. The number of rotatable bonds is 5. The van der Waals surface area contributed by atoms with Gasteiger partial charge < -0.3 is 11.5 Å².